The fourth-order valence-corrected chi connectivity index (χ4v) is 1.89. The lowest BCUT2D eigenvalue weighted by Crippen LogP contribution is -2.37. The Morgan fingerprint density at radius 3 is 1.95 bits per heavy atom. The number of ether oxygens (including phenoxy) is 1. The van der Waals surface area contributed by atoms with E-state index < -0.39 is 11.6 Å². The molecule has 0 aliphatic carbocycles. The number of rotatable bonds is 10. The van der Waals surface area contributed by atoms with Crippen molar-refractivity contribution in [2.45, 2.75) is 83.8 Å². The number of hydrogen-bond donors (Lipinski definition) is 2. The molecule has 0 bridgehead atoms. The van der Waals surface area contributed by atoms with Crippen LogP contribution >= 0.6 is 0 Å². The molecule has 0 rings (SSSR count). The zero-order valence-electron chi connectivity index (χ0n) is 12.9. The van der Waals surface area contributed by atoms with E-state index in [1.165, 1.54) is 25.7 Å². The fourth-order valence-electron chi connectivity index (χ4n) is 1.89. The SMILES string of the molecule is CC(C)(C)OC(=O)[C@@H](N)CCCCCCCCCN. The molecule has 4 nitrogen and oxygen atoms in total. The highest BCUT2D eigenvalue weighted by atomic mass is 16.6. The van der Waals surface area contributed by atoms with Crippen molar-refractivity contribution in [2.24, 2.45) is 11.5 Å². The van der Waals surface area contributed by atoms with Crippen LogP contribution < -0.4 is 11.5 Å². The van der Waals surface area contributed by atoms with Gasteiger partial charge in [-0.25, -0.2) is 0 Å². The van der Waals surface area contributed by atoms with Gasteiger partial charge < -0.3 is 16.2 Å². The van der Waals surface area contributed by atoms with Gasteiger partial charge in [0.2, 0.25) is 0 Å². The van der Waals surface area contributed by atoms with Crippen molar-refractivity contribution >= 4 is 5.97 Å². The highest BCUT2D eigenvalue weighted by Crippen LogP contribution is 2.12. The van der Waals surface area contributed by atoms with Gasteiger partial charge in [-0.15, -0.1) is 0 Å². The molecule has 0 unspecified atom stereocenters. The van der Waals surface area contributed by atoms with Crippen LogP contribution in [0.15, 0.2) is 0 Å². The van der Waals surface area contributed by atoms with Crippen molar-refractivity contribution in [1.82, 2.24) is 0 Å². The highest BCUT2D eigenvalue weighted by Gasteiger charge is 2.21. The lowest BCUT2D eigenvalue weighted by atomic mass is 10.1. The van der Waals surface area contributed by atoms with Gasteiger partial charge in [0, 0.05) is 0 Å². The molecule has 0 saturated carbocycles. The number of esters is 1. The predicted octanol–water partition coefficient (Wildman–Crippen LogP) is 2.73. The van der Waals surface area contributed by atoms with Crippen molar-refractivity contribution < 1.29 is 9.53 Å². The average molecular weight is 272 g/mol. The fraction of sp³-hybridized carbons (Fsp3) is 0.933. The number of carbonyl (C=O) groups excluding carboxylic acids is 1. The van der Waals surface area contributed by atoms with Gasteiger partial charge in [0.25, 0.3) is 0 Å². The van der Waals surface area contributed by atoms with Gasteiger partial charge in [-0.05, 0) is 40.2 Å². The normalized spacial score (nSPS) is 13.3. The van der Waals surface area contributed by atoms with Crippen molar-refractivity contribution in [3.63, 3.8) is 0 Å². The first-order chi connectivity index (χ1) is 8.87. The molecule has 0 aromatic rings. The van der Waals surface area contributed by atoms with Crippen molar-refractivity contribution in [2.75, 3.05) is 6.54 Å². The van der Waals surface area contributed by atoms with Crippen LogP contribution in [0.1, 0.15) is 72.1 Å². The largest absolute Gasteiger partial charge is 0.459 e. The number of hydrogen-bond acceptors (Lipinski definition) is 4. The summed E-state index contributed by atoms with van der Waals surface area (Å²) in [4.78, 5) is 11.6. The second-order valence-electron chi connectivity index (χ2n) is 6.19. The molecular weight excluding hydrogens is 240 g/mol. The van der Waals surface area contributed by atoms with E-state index in [1.807, 2.05) is 20.8 Å². The van der Waals surface area contributed by atoms with E-state index in [1.54, 1.807) is 0 Å². The molecule has 0 aliphatic heterocycles. The van der Waals surface area contributed by atoms with Gasteiger partial charge in [0.15, 0.2) is 0 Å². The molecule has 4 heteroatoms. The molecule has 0 fully saturated rings. The van der Waals surface area contributed by atoms with Gasteiger partial charge in [-0.2, -0.15) is 0 Å². The molecule has 0 heterocycles. The van der Waals surface area contributed by atoms with Crippen LogP contribution in [0.5, 0.6) is 0 Å². The van der Waals surface area contributed by atoms with E-state index in [0.29, 0.717) is 0 Å². The first-order valence-corrected chi connectivity index (χ1v) is 7.55. The zero-order chi connectivity index (χ0) is 14.7. The summed E-state index contributed by atoms with van der Waals surface area (Å²) in [6.07, 6.45) is 8.94. The Morgan fingerprint density at radius 1 is 1.00 bits per heavy atom. The number of unbranched alkanes of at least 4 members (excludes halogenated alkanes) is 6. The number of nitrogens with two attached hydrogens (primary N) is 2. The minimum atomic E-state index is -0.475. The Balaban J connectivity index is 3.48. The maximum Gasteiger partial charge on any atom is 0.323 e. The van der Waals surface area contributed by atoms with E-state index in [4.69, 9.17) is 16.2 Å². The maximum absolute atomic E-state index is 11.6. The summed E-state index contributed by atoms with van der Waals surface area (Å²) in [5.41, 5.74) is 10.8. The molecule has 0 amide bonds. The van der Waals surface area contributed by atoms with Gasteiger partial charge in [0.05, 0.1) is 0 Å². The molecule has 0 spiro atoms. The second-order valence-corrected chi connectivity index (χ2v) is 6.19. The summed E-state index contributed by atoms with van der Waals surface area (Å²) < 4.78 is 5.25. The molecule has 19 heavy (non-hydrogen) atoms. The highest BCUT2D eigenvalue weighted by molar-refractivity contribution is 5.75. The molecule has 1 atom stereocenters. The lowest BCUT2D eigenvalue weighted by Gasteiger charge is -2.22. The topological polar surface area (TPSA) is 78.3 Å². The van der Waals surface area contributed by atoms with Crippen LogP contribution in [-0.4, -0.2) is 24.2 Å². The van der Waals surface area contributed by atoms with Crippen LogP contribution in [-0.2, 0) is 9.53 Å². The first kappa shape index (κ1) is 18.4. The molecule has 0 aliphatic rings. The summed E-state index contributed by atoms with van der Waals surface area (Å²) in [6.45, 7) is 6.38. The third-order valence-electron chi connectivity index (χ3n) is 2.93. The first-order valence-electron chi connectivity index (χ1n) is 7.55. The average Bonchev–Trinajstić information content (AvgIpc) is 2.30. The van der Waals surface area contributed by atoms with Gasteiger partial charge >= 0.3 is 5.97 Å². The third kappa shape index (κ3) is 12.2. The molecule has 0 radical (unpaired) electrons. The molecule has 114 valence electrons. The van der Waals surface area contributed by atoms with E-state index in [-0.39, 0.29) is 5.97 Å². The standard InChI is InChI=1S/C15H32N2O2/c1-15(2,3)19-14(18)13(17)11-9-7-5-4-6-8-10-12-16/h13H,4-12,16-17H2,1-3H3/t13-/m0/s1. The quantitative estimate of drug-likeness (QED) is 0.473. The minimum absolute atomic E-state index is 0.282. The van der Waals surface area contributed by atoms with E-state index in [0.717, 1.165) is 32.2 Å². The van der Waals surface area contributed by atoms with Crippen LogP contribution in [0.2, 0.25) is 0 Å². The third-order valence-corrected chi connectivity index (χ3v) is 2.93. The van der Waals surface area contributed by atoms with Crippen LogP contribution in [0, 0.1) is 0 Å². The second kappa shape index (κ2) is 10.2. The van der Waals surface area contributed by atoms with E-state index >= 15 is 0 Å². The van der Waals surface area contributed by atoms with Crippen LogP contribution in [0.3, 0.4) is 0 Å². The Kier molecular flexibility index (Phi) is 9.88. The van der Waals surface area contributed by atoms with E-state index in [9.17, 15) is 4.79 Å². The summed E-state index contributed by atoms with van der Waals surface area (Å²) in [7, 11) is 0. The summed E-state index contributed by atoms with van der Waals surface area (Å²) in [5.74, 6) is -0.282. The maximum atomic E-state index is 11.6. The van der Waals surface area contributed by atoms with Gasteiger partial charge in [0.1, 0.15) is 11.6 Å². The summed E-state index contributed by atoms with van der Waals surface area (Å²) in [6, 6.07) is -0.475. The minimum Gasteiger partial charge on any atom is -0.459 e. The van der Waals surface area contributed by atoms with Gasteiger partial charge in [-0.1, -0.05) is 38.5 Å². The summed E-state index contributed by atoms with van der Waals surface area (Å²) in [5, 5.41) is 0. The lowest BCUT2D eigenvalue weighted by molar-refractivity contribution is -0.156. The Hall–Kier alpha value is -0.610. The van der Waals surface area contributed by atoms with Crippen molar-refractivity contribution in [3.05, 3.63) is 0 Å². The predicted molar refractivity (Wildman–Crippen MR) is 79.8 cm³/mol. The zero-order valence-corrected chi connectivity index (χ0v) is 12.9. The van der Waals surface area contributed by atoms with Crippen LogP contribution in [0.25, 0.3) is 0 Å². The number of carbonyl (C=O) groups is 1. The van der Waals surface area contributed by atoms with Crippen LogP contribution in [0.4, 0.5) is 0 Å². The Morgan fingerprint density at radius 2 is 1.47 bits per heavy atom. The smallest absolute Gasteiger partial charge is 0.323 e. The molecular formula is C15H32N2O2. The Bertz CT molecular complexity index is 237. The molecule has 4 N–H and O–H groups in total. The monoisotopic (exact) mass is 272 g/mol. The summed E-state index contributed by atoms with van der Waals surface area (Å²) >= 11 is 0. The van der Waals surface area contributed by atoms with Crippen molar-refractivity contribution in [1.29, 1.82) is 0 Å². The van der Waals surface area contributed by atoms with E-state index in [2.05, 4.69) is 0 Å². The Labute approximate surface area is 118 Å². The molecule has 0 aromatic heterocycles. The van der Waals surface area contributed by atoms with Gasteiger partial charge in [-0.3, -0.25) is 4.79 Å². The molecule has 0 saturated heterocycles. The molecule has 0 aromatic carbocycles. The van der Waals surface area contributed by atoms with Crippen molar-refractivity contribution in [3.8, 4) is 0 Å².